The number of alkyl halides is 1. The molecular weight excluding hydrogens is 174 g/mol. The Morgan fingerprint density at radius 1 is 1.50 bits per heavy atom. The molecule has 1 fully saturated rings. The van der Waals surface area contributed by atoms with Crippen molar-refractivity contribution in [3.8, 4) is 0 Å². The van der Waals surface area contributed by atoms with E-state index in [1.807, 2.05) is 0 Å². The number of allylic oxidation sites excluding steroid dienone is 1. The molecule has 0 aromatic rings. The summed E-state index contributed by atoms with van der Waals surface area (Å²) in [6, 6.07) is 0. The molecule has 0 aliphatic carbocycles. The lowest BCUT2D eigenvalue weighted by Crippen LogP contribution is -2.11. The number of rotatable bonds is 2. The Bertz CT molecular complexity index is 163. The van der Waals surface area contributed by atoms with Gasteiger partial charge in [-0.05, 0) is 19.0 Å². The van der Waals surface area contributed by atoms with Crippen molar-refractivity contribution in [2.45, 2.75) is 31.6 Å². The lowest BCUT2D eigenvalue weighted by Gasteiger charge is -2.30. The third-order valence-electron chi connectivity index (χ3n) is 2.45. The minimum Gasteiger partial charge on any atom is -0.377 e. The van der Waals surface area contributed by atoms with Gasteiger partial charge in [0.2, 0.25) is 0 Å². The maximum absolute atomic E-state index is 13.4. The fourth-order valence-corrected chi connectivity index (χ4v) is 4.26. The van der Waals surface area contributed by atoms with E-state index in [4.69, 9.17) is 0 Å². The second-order valence-corrected chi connectivity index (χ2v) is 6.81. The monoisotopic (exact) mass is 191 g/mol. The molecular formula is C9H17FOP. The van der Waals surface area contributed by atoms with Gasteiger partial charge in [-0.3, -0.25) is 0 Å². The Hall–Kier alpha value is 0.0600. The summed E-state index contributed by atoms with van der Waals surface area (Å²) in [6.45, 7) is 3.57. The molecule has 71 valence electrons. The van der Waals surface area contributed by atoms with Gasteiger partial charge in [0.25, 0.3) is 0 Å². The van der Waals surface area contributed by atoms with Gasteiger partial charge in [-0.25, -0.2) is 4.39 Å². The summed E-state index contributed by atoms with van der Waals surface area (Å²) < 4.78 is 13.4. The minimum atomic E-state index is -2.28. The maximum atomic E-state index is 13.4. The molecule has 12 heavy (non-hydrogen) atoms. The molecule has 0 saturated carbocycles. The van der Waals surface area contributed by atoms with Crippen molar-refractivity contribution in [3.63, 3.8) is 0 Å². The lowest BCUT2D eigenvalue weighted by molar-refractivity contribution is 0.385. The highest BCUT2D eigenvalue weighted by molar-refractivity contribution is 7.71. The molecule has 0 spiro atoms. The van der Waals surface area contributed by atoms with E-state index in [0.717, 1.165) is 19.3 Å². The second kappa shape index (κ2) is 4.34. The van der Waals surface area contributed by atoms with Crippen molar-refractivity contribution >= 4 is 7.49 Å². The van der Waals surface area contributed by atoms with Gasteiger partial charge in [0.1, 0.15) is 5.91 Å². The fourth-order valence-electron chi connectivity index (χ4n) is 1.68. The fraction of sp³-hybridized carbons (Fsp3) is 0.778. The van der Waals surface area contributed by atoms with E-state index in [1.54, 1.807) is 6.08 Å². The van der Waals surface area contributed by atoms with Crippen LogP contribution in [0.3, 0.4) is 0 Å². The number of hydrogen-bond donors (Lipinski definition) is 1. The van der Waals surface area contributed by atoms with Crippen LogP contribution in [0.1, 0.15) is 25.7 Å². The molecule has 1 N–H and O–H groups in total. The molecule has 1 aliphatic rings. The van der Waals surface area contributed by atoms with Crippen molar-refractivity contribution < 1.29 is 9.28 Å². The second-order valence-electron chi connectivity index (χ2n) is 3.47. The Morgan fingerprint density at radius 3 is 2.92 bits per heavy atom. The molecule has 1 rings (SSSR count). The summed E-state index contributed by atoms with van der Waals surface area (Å²) in [7, 11) is -2.28. The lowest BCUT2D eigenvalue weighted by atomic mass is 10.2. The van der Waals surface area contributed by atoms with Crippen molar-refractivity contribution in [2.24, 2.45) is 0 Å². The highest BCUT2D eigenvalue weighted by atomic mass is 31.2. The molecule has 3 heteroatoms. The van der Waals surface area contributed by atoms with Gasteiger partial charge >= 0.3 is 0 Å². The zero-order chi connectivity index (χ0) is 9.03. The topological polar surface area (TPSA) is 20.2 Å². The molecule has 1 nitrogen and oxygen atoms in total. The molecule has 0 amide bonds. The van der Waals surface area contributed by atoms with E-state index in [-0.39, 0.29) is 0 Å². The van der Waals surface area contributed by atoms with Gasteiger partial charge in [0.05, 0.1) is 0 Å². The van der Waals surface area contributed by atoms with E-state index in [9.17, 15) is 9.28 Å². The van der Waals surface area contributed by atoms with E-state index < -0.39 is 13.4 Å². The van der Waals surface area contributed by atoms with Gasteiger partial charge in [-0.15, -0.1) is 6.58 Å². The number of hydrogen-bond acceptors (Lipinski definition) is 1. The predicted octanol–water partition coefficient (Wildman–Crippen LogP) is 2.97. The largest absolute Gasteiger partial charge is 0.377 e. The Labute approximate surface area is 74.1 Å². The molecule has 1 heterocycles. The highest BCUT2D eigenvalue weighted by Crippen LogP contribution is 2.62. The minimum absolute atomic E-state index is 0.494. The Kier molecular flexibility index (Phi) is 3.67. The molecule has 0 aromatic heterocycles. The summed E-state index contributed by atoms with van der Waals surface area (Å²) in [4.78, 5) is 9.98. The van der Waals surface area contributed by atoms with Crippen LogP contribution in [0.2, 0.25) is 0 Å². The Balaban J connectivity index is 2.61. The van der Waals surface area contributed by atoms with Crippen LogP contribution >= 0.6 is 7.49 Å². The summed E-state index contributed by atoms with van der Waals surface area (Å²) in [5, 5.41) is 0. The van der Waals surface area contributed by atoms with Crippen LogP contribution in [0.15, 0.2) is 12.7 Å². The van der Waals surface area contributed by atoms with Crippen LogP contribution in [0.4, 0.5) is 4.39 Å². The molecule has 1 aliphatic heterocycles. The third-order valence-corrected chi connectivity index (χ3v) is 5.74. The average Bonchev–Trinajstić information content (AvgIpc) is 2.17. The van der Waals surface area contributed by atoms with Crippen molar-refractivity contribution in [2.75, 3.05) is 12.3 Å². The normalized spacial score (nSPS) is 37.3. The molecule has 1 radical (unpaired) electrons. The van der Waals surface area contributed by atoms with Gasteiger partial charge in [0, 0.05) is 13.7 Å². The van der Waals surface area contributed by atoms with E-state index in [1.165, 1.54) is 0 Å². The summed E-state index contributed by atoms with van der Waals surface area (Å²) in [6.07, 6.45) is 6.39. The van der Waals surface area contributed by atoms with Crippen molar-refractivity contribution in [1.82, 2.24) is 0 Å². The predicted molar refractivity (Wildman–Crippen MR) is 52.4 cm³/mol. The maximum Gasteiger partial charge on any atom is 0.138 e. The SMILES string of the molecule is C=CC[P]1(O)CCCCCC1F. The quantitative estimate of drug-likeness (QED) is 0.525. The first kappa shape index (κ1) is 10.1. The molecule has 2 unspecified atom stereocenters. The van der Waals surface area contributed by atoms with E-state index in [0.29, 0.717) is 18.7 Å². The van der Waals surface area contributed by atoms with Crippen LogP contribution in [-0.2, 0) is 0 Å². The summed E-state index contributed by atoms with van der Waals surface area (Å²) in [5.41, 5.74) is 0. The highest BCUT2D eigenvalue weighted by Gasteiger charge is 2.34. The Morgan fingerprint density at radius 2 is 2.25 bits per heavy atom. The van der Waals surface area contributed by atoms with Gasteiger partial charge in [-0.1, -0.05) is 18.9 Å². The molecule has 0 bridgehead atoms. The van der Waals surface area contributed by atoms with Crippen molar-refractivity contribution in [1.29, 1.82) is 0 Å². The third kappa shape index (κ3) is 2.27. The van der Waals surface area contributed by atoms with Crippen LogP contribution in [-0.4, -0.2) is 23.1 Å². The van der Waals surface area contributed by atoms with Crippen LogP contribution in [0.25, 0.3) is 0 Å². The van der Waals surface area contributed by atoms with Gasteiger partial charge < -0.3 is 4.89 Å². The summed E-state index contributed by atoms with van der Waals surface area (Å²) in [5.74, 6) is -0.946. The molecule has 2 atom stereocenters. The summed E-state index contributed by atoms with van der Waals surface area (Å²) >= 11 is 0. The molecule has 0 aromatic carbocycles. The zero-order valence-electron chi connectivity index (χ0n) is 7.38. The standard InChI is InChI=1S/C9H17FOP/c1-2-7-12(11)8-5-3-4-6-9(12)10/h2,9,11H,1,3-8H2. The smallest absolute Gasteiger partial charge is 0.138 e. The zero-order valence-corrected chi connectivity index (χ0v) is 8.27. The molecule has 1 saturated heterocycles. The first-order valence-electron chi connectivity index (χ1n) is 4.53. The van der Waals surface area contributed by atoms with Gasteiger partial charge in [-0.2, -0.15) is 0 Å². The number of halogens is 1. The van der Waals surface area contributed by atoms with Crippen molar-refractivity contribution in [3.05, 3.63) is 12.7 Å². The van der Waals surface area contributed by atoms with E-state index in [2.05, 4.69) is 6.58 Å². The van der Waals surface area contributed by atoms with Crippen LogP contribution in [0.5, 0.6) is 0 Å². The average molecular weight is 191 g/mol. The van der Waals surface area contributed by atoms with E-state index >= 15 is 0 Å². The first-order chi connectivity index (χ1) is 5.69. The van der Waals surface area contributed by atoms with Crippen LogP contribution < -0.4 is 0 Å². The van der Waals surface area contributed by atoms with Crippen LogP contribution in [0, 0.1) is 0 Å². The van der Waals surface area contributed by atoms with Gasteiger partial charge in [0.15, 0.2) is 0 Å². The first-order valence-corrected chi connectivity index (χ1v) is 6.71.